The van der Waals surface area contributed by atoms with E-state index < -0.39 is 0 Å². The minimum atomic E-state index is 0.747. The van der Waals surface area contributed by atoms with Crippen LogP contribution in [0.2, 0.25) is 0 Å². The molecule has 2 heteroatoms. The molecule has 1 saturated carbocycles. The van der Waals surface area contributed by atoms with Gasteiger partial charge in [-0.1, -0.05) is 26.7 Å². The predicted molar refractivity (Wildman–Crippen MR) is 83.5 cm³/mol. The lowest BCUT2D eigenvalue weighted by Gasteiger charge is -2.44. The van der Waals surface area contributed by atoms with Crippen molar-refractivity contribution in [3.05, 3.63) is 0 Å². The van der Waals surface area contributed by atoms with Crippen LogP contribution in [0.5, 0.6) is 0 Å². The molecule has 19 heavy (non-hydrogen) atoms. The molecule has 112 valence electrons. The van der Waals surface area contributed by atoms with Gasteiger partial charge in [-0.2, -0.15) is 0 Å². The van der Waals surface area contributed by atoms with Gasteiger partial charge in [0.15, 0.2) is 0 Å². The van der Waals surface area contributed by atoms with E-state index in [2.05, 4.69) is 24.1 Å². The van der Waals surface area contributed by atoms with Crippen molar-refractivity contribution in [1.82, 2.24) is 10.2 Å². The summed E-state index contributed by atoms with van der Waals surface area (Å²) < 4.78 is 0. The Morgan fingerprint density at radius 3 is 2.68 bits per heavy atom. The molecule has 3 unspecified atom stereocenters. The summed E-state index contributed by atoms with van der Waals surface area (Å²) in [4.78, 5) is 2.84. The second-order valence-electron chi connectivity index (χ2n) is 6.60. The van der Waals surface area contributed by atoms with Crippen LogP contribution in [0.4, 0.5) is 0 Å². The first-order valence-electron chi connectivity index (χ1n) is 8.82. The third kappa shape index (κ3) is 4.46. The molecule has 0 radical (unpaired) electrons. The number of rotatable bonds is 7. The van der Waals surface area contributed by atoms with E-state index in [0.717, 1.165) is 24.5 Å². The Kier molecular flexibility index (Phi) is 6.66. The Labute approximate surface area is 120 Å². The average molecular weight is 266 g/mol. The Balaban J connectivity index is 1.72. The van der Waals surface area contributed by atoms with Gasteiger partial charge in [0.1, 0.15) is 0 Å². The number of nitrogens with one attached hydrogen (secondary N) is 1. The summed E-state index contributed by atoms with van der Waals surface area (Å²) in [6.45, 7) is 8.38. The molecule has 1 aliphatic carbocycles. The largest absolute Gasteiger partial charge is 0.314 e. The van der Waals surface area contributed by atoms with Crippen molar-refractivity contribution in [2.45, 2.75) is 83.7 Å². The topological polar surface area (TPSA) is 15.3 Å². The summed E-state index contributed by atoms with van der Waals surface area (Å²) in [5, 5.41) is 3.61. The minimum Gasteiger partial charge on any atom is -0.314 e. The average Bonchev–Trinajstić information content (AvgIpc) is 2.46. The Hall–Kier alpha value is -0.0800. The maximum Gasteiger partial charge on any atom is 0.0123 e. The molecule has 0 amide bonds. The van der Waals surface area contributed by atoms with Gasteiger partial charge < -0.3 is 10.2 Å². The highest BCUT2D eigenvalue weighted by molar-refractivity contribution is 4.87. The third-order valence-electron chi connectivity index (χ3n) is 5.34. The van der Waals surface area contributed by atoms with Crippen LogP contribution in [-0.2, 0) is 0 Å². The first kappa shape index (κ1) is 15.3. The van der Waals surface area contributed by atoms with Gasteiger partial charge >= 0.3 is 0 Å². The van der Waals surface area contributed by atoms with E-state index in [1.807, 2.05) is 0 Å². The second kappa shape index (κ2) is 8.26. The van der Waals surface area contributed by atoms with Gasteiger partial charge in [0.2, 0.25) is 0 Å². The van der Waals surface area contributed by atoms with Crippen LogP contribution in [0.3, 0.4) is 0 Å². The van der Waals surface area contributed by atoms with Crippen LogP contribution in [-0.4, -0.2) is 36.6 Å². The summed E-state index contributed by atoms with van der Waals surface area (Å²) in [5.74, 6) is 1.04. The van der Waals surface area contributed by atoms with Gasteiger partial charge in [-0.25, -0.2) is 0 Å². The molecule has 0 aromatic rings. The molecule has 1 aliphatic heterocycles. The zero-order chi connectivity index (χ0) is 13.5. The van der Waals surface area contributed by atoms with Crippen LogP contribution >= 0.6 is 0 Å². The lowest BCUT2D eigenvalue weighted by atomic mass is 9.78. The smallest absolute Gasteiger partial charge is 0.0123 e. The molecule has 2 fully saturated rings. The molecule has 2 rings (SSSR count). The summed E-state index contributed by atoms with van der Waals surface area (Å²) in [5.41, 5.74) is 0. The van der Waals surface area contributed by atoms with E-state index in [0.29, 0.717) is 0 Å². The molecular weight excluding hydrogens is 232 g/mol. The molecule has 3 atom stereocenters. The SMILES string of the molecule is CCNC(CC)CCCN1CCCC2CCCCC21. The number of nitrogens with zero attached hydrogens (tertiary/aromatic N) is 1. The summed E-state index contributed by atoms with van der Waals surface area (Å²) >= 11 is 0. The molecule has 2 aliphatic rings. The normalized spacial score (nSPS) is 30.0. The fraction of sp³-hybridized carbons (Fsp3) is 1.00. The zero-order valence-corrected chi connectivity index (χ0v) is 13.2. The van der Waals surface area contributed by atoms with E-state index >= 15 is 0 Å². The van der Waals surface area contributed by atoms with Crippen LogP contribution in [0.1, 0.15) is 71.6 Å². The molecule has 1 saturated heterocycles. The monoisotopic (exact) mass is 266 g/mol. The fourth-order valence-corrected chi connectivity index (χ4v) is 4.29. The molecule has 2 nitrogen and oxygen atoms in total. The highest BCUT2D eigenvalue weighted by Crippen LogP contribution is 2.35. The van der Waals surface area contributed by atoms with Crippen molar-refractivity contribution in [2.24, 2.45) is 5.92 Å². The first-order chi connectivity index (χ1) is 9.35. The number of fused-ring (bicyclic) bond motifs is 1. The van der Waals surface area contributed by atoms with Crippen molar-refractivity contribution < 1.29 is 0 Å². The number of hydrogen-bond acceptors (Lipinski definition) is 2. The van der Waals surface area contributed by atoms with Gasteiger partial charge in [0.05, 0.1) is 0 Å². The van der Waals surface area contributed by atoms with Gasteiger partial charge in [0.25, 0.3) is 0 Å². The Morgan fingerprint density at radius 2 is 1.89 bits per heavy atom. The molecular formula is C17H34N2. The van der Waals surface area contributed by atoms with Gasteiger partial charge in [0, 0.05) is 12.1 Å². The quantitative estimate of drug-likeness (QED) is 0.754. The number of hydrogen-bond donors (Lipinski definition) is 1. The summed E-state index contributed by atoms with van der Waals surface area (Å²) in [6.07, 6.45) is 12.9. The van der Waals surface area contributed by atoms with E-state index in [1.165, 1.54) is 70.9 Å². The minimum absolute atomic E-state index is 0.747. The summed E-state index contributed by atoms with van der Waals surface area (Å²) in [6, 6.07) is 1.69. The molecule has 0 aromatic heterocycles. The zero-order valence-electron chi connectivity index (χ0n) is 13.2. The molecule has 0 spiro atoms. The molecule has 1 N–H and O–H groups in total. The maximum atomic E-state index is 3.61. The standard InChI is InChI=1S/C17H34N2/c1-3-16(18-4-2)11-8-14-19-13-7-10-15-9-5-6-12-17(15)19/h15-18H,3-14H2,1-2H3. The fourth-order valence-electron chi connectivity index (χ4n) is 4.29. The summed E-state index contributed by atoms with van der Waals surface area (Å²) in [7, 11) is 0. The van der Waals surface area contributed by atoms with Crippen molar-refractivity contribution in [1.29, 1.82) is 0 Å². The second-order valence-corrected chi connectivity index (χ2v) is 6.60. The van der Waals surface area contributed by atoms with Crippen molar-refractivity contribution in [3.63, 3.8) is 0 Å². The van der Waals surface area contributed by atoms with E-state index in [-0.39, 0.29) is 0 Å². The van der Waals surface area contributed by atoms with Gasteiger partial charge in [-0.15, -0.1) is 0 Å². The van der Waals surface area contributed by atoms with E-state index in [9.17, 15) is 0 Å². The lowest BCUT2D eigenvalue weighted by Crippen LogP contribution is -2.47. The van der Waals surface area contributed by atoms with E-state index in [1.54, 1.807) is 0 Å². The first-order valence-corrected chi connectivity index (χ1v) is 8.82. The van der Waals surface area contributed by atoms with Crippen LogP contribution in [0, 0.1) is 5.92 Å². The van der Waals surface area contributed by atoms with Crippen LogP contribution in [0.25, 0.3) is 0 Å². The van der Waals surface area contributed by atoms with Crippen LogP contribution in [0.15, 0.2) is 0 Å². The third-order valence-corrected chi connectivity index (χ3v) is 5.34. The van der Waals surface area contributed by atoms with Crippen molar-refractivity contribution >= 4 is 0 Å². The number of piperidine rings is 1. The predicted octanol–water partition coefficient (Wildman–Crippen LogP) is 3.81. The Morgan fingerprint density at radius 1 is 1.11 bits per heavy atom. The maximum absolute atomic E-state index is 3.61. The highest BCUT2D eigenvalue weighted by atomic mass is 15.2. The molecule has 1 heterocycles. The van der Waals surface area contributed by atoms with Crippen molar-refractivity contribution in [2.75, 3.05) is 19.6 Å². The highest BCUT2D eigenvalue weighted by Gasteiger charge is 2.32. The van der Waals surface area contributed by atoms with Crippen LogP contribution < -0.4 is 5.32 Å². The molecule has 0 bridgehead atoms. The molecule has 0 aromatic carbocycles. The number of likely N-dealkylation sites (tertiary alicyclic amines) is 1. The van der Waals surface area contributed by atoms with Crippen molar-refractivity contribution in [3.8, 4) is 0 Å². The Bertz CT molecular complexity index is 239. The van der Waals surface area contributed by atoms with E-state index in [4.69, 9.17) is 0 Å². The van der Waals surface area contributed by atoms with Gasteiger partial charge in [-0.3, -0.25) is 0 Å². The van der Waals surface area contributed by atoms with Gasteiger partial charge in [-0.05, 0) is 70.5 Å². The lowest BCUT2D eigenvalue weighted by molar-refractivity contribution is 0.0590.